The van der Waals surface area contributed by atoms with E-state index in [-0.39, 0.29) is 17.7 Å². The van der Waals surface area contributed by atoms with Crippen LogP contribution in [0, 0.1) is 0 Å². The second-order valence-electron chi connectivity index (χ2n) is 5.97. The molecule has 0 radical (unpaired) electrons. The Hall–Kier alpha value is -3.09. The lowest BCUT2D eigenvalue weighted by molar-refractivity contribution is -0.149. The van der Waals surface area contributed by atoms with Crippen LogP contribution in [0.4, 0.5) is 5.69 Å². The molecule has 2 amide bonds. The molecule has 26 heavy (non-hydrogen) atoms. The van der Waals surface area contributed by atoms with E-state index in [2.05, 4.69) is 5.32 Å². The number of para-hydroxylation sites is 1. The van der Waals surface area contributed by atoms with Crippen LogP contribution in [0.25, 0.3) is 0 Å². The number of hydrogen-bond donors (Lipinski definition) is 1. The number of rotatable bonds is 7. The van der Waals surface area contributed by atoms with Crippen LogP contribution in [-0.4, -0.2) is 36.5 Å². The molecule has 0 bridgehead atoms. The van der Waals surface area contributed by atoms with Gasteiger partial charge in [-0.05, 0) is 45.0 Å². The van der Waals surface area contributed by atoms with Crippen LogP contribution in [0.5, 0.6) is 0 Å². The summed E-state index contributed by atoms with van der Waals surface area (Å²) in [6, 6.07) is 11.2. The summed E-state index contributed by atoms with van der Waals surface area (Å²) >= 11 is 0. The van der Waals surface area contributed by atoms with Gasteiger partial charge in [0.1, 0.15) is 6.04 Å². The Kier molecular flexibility index (Phi) is 6.54. The minimum absolute atomic E-state index is 0.0933. The number of carbonyl (C=O) groups excluding carboxylic acids is 3. The molecule has 138 valence electrons. The van der Waals surface area contributed by atoms with Crippen molar-refractivity contribution in [2.24, 2.45) is 0 Å². The maximum absolute atomic E-state index is 12.5. The zero-order valence-electron chi connectivity index (χ0n) is 15.0. The van der Waals surface area contributed by atoms with E-state index in [0.717, 1.165) is 5.69 Å². The zero-order valence-corrected chi connectivity index (χ0v) is 15.0. The van der Waals surface area contributed by atoms with Gasteiger partial charge in [-0.25, -0.2) is 4.79 Å². The standard InChI is InChI=1S/C19H22N2O5/c1-13(2)21(15-8-5-4-6-9-15)17(22)12-26-19(24)14(3)20-18(23)16-10-7-11-25-16/h4-11,13-14H,12H2,1-3H3,(H,20,23)/t14-/m1/s1. The number of benzene rings is 1. The molecular formula is C19H22N2O5. The number of carbonyl (C=O) groups is 3. The summed E-state index contributed by atoms with van der Waals surface area (Å²) in [5.74, 6) is -1.48. The fourth-order valence-electron chi connectivity index (χ4n) is 2.38. The monoisotopic (exact) mass is 358 g/mol. The van der Waals surface area contributed by atoms with Gasteiger partial charge in [-0.2, -0.15) is 0 Å². The minimum atomic E-state index is -0.912. The van der Waals surface area contributed by atoms with Gasteiger partial charge in [0.2, 0.25) is 0 Å². The Balaban J connectivity index is 1.90. The van der Waals surface area contributed by atoms with Gasteiger partial charge in [0.15, 0.2) is 12.4 Å². The second kappa shape index (κ2) is 8.84. The summed E-state index contributed by atoms with van der Waals surface area (Å²) in [4.78, 5) is 37.9. The molecule has 0 fully saturated rings. The molecule has 2 aromatic rings. The van der Waals surface area contributed by atoms with Crippen molar-refractivity contribution in [3.8, 4) is 0 Å². The number of anilines is 1. The van der Waals surface area contributed by atoms with Crippen LogP contribution >= 0.6 is 0 Å². The molecule has 1 N–H and O–H groups in total. The van der Waals surface area contributed by atoms with Crippen LogP contribution in [0.15, 0.2) is 53.1 Å². The average molecular weight is 358 g/mol. The highest BCUT2D eigenvalue weighted by atomic mass is 16.5. The third-order valence-electron chi connectivity index (χ3n) is 3.60. The maximum Gasteiger partial charge on any atom is 0.328 e. The third kappa shape index (κ3) is 4.95. The van der Waals surface area contributed by atoms with Gasteiger partial charge in [-0.15, -0.1) is 0 Å². The molecule has 0 aliphatic carbocycles. The van der Waals surface area contributed by atoms with Gasteiger partial charge in [0.25, 0.3) is 11.8 Å². The molecule has 0 unspecified atom stereocenters. The van der Waals surface area contributed by atoms with E-state index >= 15 is 0 Å². The minimum Gasteiger partial charge on any atom is -0.459 e. The first-order chi connectivity index (χ1) is 12.4. The van der Waals surface area contributed by atoms with Gasteiger partial charge >= 0.3 is 5.97 Å². The molecule has 0 aliphatic heterocycles. The van der Waals surface area contributed by atoms with Crippen LogP contribution in [0.2, 0.25) is 0 Å². The number of nitrogens with one attached hydrogen (secondary N) is 1. The van der Waals surface area contributed by atoms with E-state index in [4.69, 9.17) is 9.15 Å². The summed E-state index contributed by atoms with van der Waals surface area (Å²) in [6.45, 7) is 4.82. The first-order valence-corrected chi connectivity index (χ1v) is 8.28. The summed E-state index contributed by atoms with van der Waals surface area (Å²) < 4.78 is 10.0. The van der Waals surface area contributed by atoms with Gasteiger partial charge < -0.3 is 19.4 Å². The Labute approximate surface area is 151 Å². The quantitative estimate of drug-likeness (QED) is 0.768. The van der Waals surface area contributed by atoms with Crippen molar-refractivity contribution < 1.29 is 23.5 Å². The lowest BCUT2D eigenvalue weighted by Crippen LogP contribution is -2.43. The highest BCUT2D eigenvalue weighted by molar-refractivity contribution is 5.97. The highest BCUT2D eigenvalue weighted by Crippen LogP contribution is 2.16. The Bertz CT molecular complexity index is 741. The fourth-order valence-corrected chi connectivity index (χ4v) is 2.38. The molecule has 7 nitrogen and oxygen atoms in total. The molecule has 0 spiro atoms. The van der Waals surface area contributed by atoms with Crippen molar-refractivity contribution in [3.05, 3.63) is 54.5 Å². The van der Waals surface area contributed by atoms with Crippen LogP contribution in [0.3, 0.4) is 0 Å². The predicted molar refractivity (Wildman–Crippen MR) is 95.7 cm³/mol. The molecule has 1 aromatic heterocycles. The smallest absolute Gasteiger partial charge is 0.328 e. The van der Waals surface area contributed by atoms with E-state index in [9.17, 15) is 14.4 Å². The molecule has 7 heteroatoms. The molecule has 1 aromatic carbocycles. The average Bonchev–Trinajstić information content (AvgIpc) is 3.15. The van der Waals surface area contributed by atoms with E-state index in [1.165, 1.54) is 19.3 Å². The van der Waals surface area contributed by atoms with E-state index in [1.54, 1.807) is 11.0 Å². The predicted octanol–water partition coefficient (Wildman–Crippen LogP) is 2.38. The topological polar surface area (TPSA) is 88.9 Å². The molecular weight excluding hydrogens is 336 g/mol. The summed E-state index contributed by atoms with van der Waals surface area (Å²) in [5, 5.41) is 2.46. The molecule has 0 saturated carbocycles. The van der Waals surface area contributed by atoms with Gasteiger partial charge in [0.05, 0.1) is 6.26 Å². The maximum atomic E-state index is 12.5. The zero-order chi connectivity index (χ0) is 19.1. The first-order valence-electron chi connectivity index (χ1n) is 8.28. The number of nitrogens with zero attached hydrogens (tertiary/aromatic N) is 1. The van der Waals surface area contributed by atoms with Gasteiger partial charge in [-0.3, -0.25) is 9.59 Å². The van der Waals surface area contributed by atoms with E-state index in [1.807, 2.05) is 44.2 Å². The van der Waals surface area contributed by atoms with Crippen molar-refractivity contribution in [2.75, 3.05) is 11.5 Å². The van der Waals surface area contributed by atoms with Crippen molar-refractivity contribution in [2.45, 2.75) is 32.9 Å². The van der Waals surface area contributed by atoms with Crippen molar-refractivity contribution in [3.63, 3.8) is 0 Å². The van der Waals surface area contributed by atoms with Gasteiger partial charge in [-0.1, -0.05) is 18.2 Å². The summed E-state index contributed by atoms with van der Waals surface area (Å²) in [5.41, 5.74) is 0.725. The molecule has 1 atom stereocenters. The third-order valence-corrected chi connectivity index (χ3v) is 3.60. The summed E-state index contributed by atoms with van der Waals surface area (Å²) in [6.07, 6.45) is 1.36. The van der Waals surface area contributed by atoms with Crippen molar-refractivity contribution >= 4 is 23.5 Å². The SMILES string of the molecule is CC(C)N(C(=O)COC(=O)[C@@H](C)NC(=O)c1ccco1)c1ccccc1. The highest BCUT2D eigenvalue weighted by Gasteiger charge is 2.23. The Morgan fingerprint density at radius 1 is 1.08 bits per heavy atom. The first kappa shape index (κ1) is 19.2. The molecule has 0 saturated heterocycles. The largest absolute Gasteiger partial charge is 0.459 e. The normalized spacial score (nSPS) is 11.7. The Morgan fingerprint density at radius 2 is 1.77 bits per heavy atom. The number of furan rings is 1. The lowest BCUT2D eigenvalue weighted by atomic mass is 10.2. The number of amides is 2. The molecule has 2 rings (SSSR count). The van der Waals surface area contributed by atoms with Crippen molar-refractivity contribution in [1.29, 1.82) is 0 Å². The summed E-state index contributed by atoms with van der Waals surface area (Å²) in [7, 11) is 0. The Morgan fingerprint density at radius 3 is 2.35 bits per heavy atom. The second-order valence-corrected chi connectivity index (χ2v) is 5.97. The van der Waals surface area contributed by atoms with Crippen LogP contribution in [0.1, 0.15) is 31.3 Å². The molecule has 1 heterocycles. The van der Waals surface area contributed by atoms with Crippen molar-refractivity contribution in [1.82, 2.24) is 5.32 Å². The number of esters is 1. The van der Waals surface area contributed by atoms with Gasteiger partial charge in [0, 0.05) is 11.7 Å². The number of hydrogen-bond acceptors (Lipinski definition) is 5. The fraction of sp³-hybridized carbons (Fsp3) is 0.316. The molecule has 0 aliphatic rings. The van der Waals surface area contributed by atoms with E-state index < -0.39 is 24.5 Å². The number of ether oxygens (including phenoxy) is 1. The van der Waals surface area contributed by atoms with Crippen LogP contribution < -0.4 is 10.2 Å². The van der Waals surface area contributed by atoms with E-state index in [0.29, 0.717) is 0 Å². The lowest BCUT2D eigenvalue weighted by Gasteiger charge is -2.26. The van der Waals surface area contributed by atoms with Crippen LogP contribution in [-0.2, 0) is 14.3 Å².